The van der Waals surface area contributed by atoms with Crippen LogP contribution in [0.4, 0.5) is 8.78 Å². The van der Waals surface area contributed by atoms with Gasteiger partial charge in [0.1, 0.15) is 11.5 Å². The van der Waals surface area contributed by atoms with Gasteiger partial charge in [0, 0.05) is 12.3 Å². The van der Waals surface area contributed by atoms with E-state index in [0.717, 1.165) is 18.4 Å². The average molecular weight is 260 g/mol. The van der Waals surface area contributed by atoms with Crippen LogP contribution >= 0.6 is 0 Å². The maximum atomic E-state index is 13.4. The lowest BCUT2D eigenvalue weighted by molar-refractivity contribution is 0.560. The van der Waals surface area contributed by atoms with Crippen LogP contribution in [0.1, 0.15) is 0 Å². The second kappa shape index (κ2) is 3.84. The van der Waals surface area contributed by atoms with Gasteiger partial charge in [-0.1, -0.05) is 5.10 Å². The largest absolute Gasteiger partial charge is 0.272 e. The van der Waals surface area contributed by atoms with Crippen molar-refractivity contribution in [1.29, 1.82) is 0 Å². The highest BCUT2D eigenvalue weighted by Gasteiger charge is 2.20. The van der Waals surface area contributed by atoms with Gasteiger partial charge in [-0.2, -0.15) is 4.68 Å². The van der Waals surface area contributed by atoms with Crippen molar-refractivity contribution in [2.75, 3.05) is 6.26 Å². The molecule has 9 heteroatoms. The van der Waals surface area contributed by atoms with Gasteiger partial charge in [-0.25, -0.2) is 17.2 Å². The molecule has 1 aromatic heterocycles. The molecule has 90 valence electrons. The molecule has 0 radical (unpaired) electrons. The Morgan fingerprint density at radius 3 is 2.59 bits per heavy atom. The molecule has 17 heavy (non-hydrogen) atoms. The second-order valence-electron chi connectivity index (χ2n) is 3.24. The summed E-state index contributed by atoms with van der Waals surface area (Å²) in [6, 6.07) is 2.64. The first-order chi connectivity index (χ1) is 7.89. The van der Waals surface area contributed by atoms with Gasteiger partial charge in [0.25, 0.3) is 5.16 Å². The number of halogens is 2. The lowest BCUT2D eigenvalue weighted by Crippen LogP contribution is -2.10. The molecular weight excluding hydrogens is 254 g/mol. The van der Waals surface area contributed by atoms with Gasteiger partial charge in [0.2, 0.25) is 9.84 Å². The van der Waals surface area contributed by atoms with Gasteiger partial charge in [0.05, 0.1) is 0 Å². The van der Waals surface area contributed by atoms with Crippen molar-refractivity contribution in [3.8, 4) is 5.69 Å². The van der Waals surface area contributed by atoms with Crippen LogP contribution in [0, 0.1) is 11.6 Å². The summed E-state index contributed by atoms with van der Waals surface area (Å²) in [5.41, 5.74) is -0.239. The number of rotatable bonds is 2. The van der Waals surface area contributed by atoms with Crippen molar-refractivity contribution in [3.63, 3.8) is 0 Å². The fraction of sp³-hybridized carbons (Fsp3) is 0.125. The van der Waals surface area contributed by atoms with E-state index in [0.29, 0.717) is 10.7 Å². The maximum absolute atomic E-state index is 13.4. The molecule has 0 aliphatic carbocycles. The van der Waals surface area contributed by atoms with E-state index in [1.807, 2.05) is 0 Å². The molecule has 1 aromatic carbocycles. The smallest absolute Gasteiger partial charge is 0.221 e. The molecule has 0 atom stereocenters. The number of aromatic nitrogens is 4. The Bertz CT molecular complexity index is 668. The first-order valence-electron chi connectivity index (χ1n) is 4.33. The third-order valence-corrected chi connectivity index (χ3v) is 2.83. The molecule has 0 aliphatic heterocycles. The molecule has 0 fully saturated rings. The highest BCUT2D eigenvalue weighted by atomic mass is 32.2. The Kier molecular flexibility index (Phi) is 2.62. The first-order valence-corrected chi connectivity index (χ1v) is 6.22. The Morgan fingerprint density at radius 1 is 1.29 bits per heavy atom. The van der Waals surface area contributed by atoms with Crippen LogP contribution in [0.3, 0.4) is 0 Å². The van der Waals surface area contributed by atoms with Crippen LogP contribution in [0.2, 0.25) is 0 Å². The highest BCUT2D eigenvalue weighted by Crippen LogP contribution is 2.16. The molecule has 0 spiro atoms. The number of sulfone groups is 1. The summed E-state index contributed by atoms with van der Waals surface area (Å²) < 4.78 is 49.4. The summed E-state index contributed by atoms with van der Waals surface area (Å²) in [6.45, 7) is 0. The van der Waals surface area contributed by atoms with Gasteiger partial charge in [-0.15, -0.1) is 0 Å². The summed E-state index contributed by atoms with van der Waals surface area (Å²) in [5.74, 6) is -1.73. The maximum Gasteiger partial charge on any atom is 0.272 e. The molecule has 0 bridgehead atoms. The van der Waals surface area contributed by atoms with Gasteiger partial charge in [-0.3, -0.25) is 0 Å². The normalized spacial score (nSPS) is 11.7. The van der Waals surface area contributed by atoms with Crippen LogP contribution in [0.15, 0.2) is 23.4 Å². The first kappa shape index (κ1) is 11.6. The Balaban J connectivity index is 2.66. The molecule has 2 rings (SSSR count). The fourth-order valence-corrected chi connectivity index (χ4v) is 1.85. The zero-order valence-corrected chi connectivity index (χ0v) is 9.32. The van der Waals surface area contributed by atoms with Crippen molar-refractivity contribution >= 4 is 9.84 Å². The van der Waals surface area contributed by atoms with Crippen LogP contribution in [-0.2, 0) is 9.84 Å². The van der Waals surface area contributed by atoms with E-state index in [1.54, 1.807) is 0 Å². The van der Waals surface area contributed by atoms with Gasteiger partial charge < -0.3 is 0 Å². The fourth-order valence-electron chi connectivity index (χ4n) is 1.21. The predicted octanol–water partition coefficient (Wildman–Crippen LogP) is 0.344. The minimum atomic E-state index is -3.70. The number of hydrogen-bond acceptors (Lipinski definition) is 5. The summed E-state index contributed by atoms with van der Waals surface area (Å²) in [4.78, 5) is 0. The van der Waals surface area contributed by atoms with E-state index in [4.69, 9.17) is 0 Å². The van der Waals surface area contributed by atoms with Gasteiger partial charge >= 0.3 is 0 Å². The molecule has 6 nitrogen and oxygen atoms in total. The van der Waals surface area contributed by atoms with Crippen LogP contribution in [0.25, 0.3) is 5.69 Å². The van der Waals surface area contributed by atoms with Crippen molar-refractivity contribution < 1.29 is 17.2 Å². The second-order valence-corrected chi connectivity index (χ2v) is 5.15. The van der Waals surface area contributed by atoms with E-state index in [1.165, 1.54) is 0 Å². The Morgan fingerprint density at radius 2 is 2.00 bits per heavy atom. The van der Waals surface area contributed by atoms with Gasteiger partial charge in [0.15, 0.2) is 5.82 Å². The molecule has 0 amide bonds. The van der Waals surface area contributed by atoms with Crippen LogP contribution in [-0.4, -0.2) is 34.9 Å². The van der Waals surface area contributed by atoms with E-state index >= 15 is 0 Å². The summed E-state index contributed by atoms with van der Waals surface area (Å²) in [7, 11) is -3.70. The third kappa shape index (κ3) is 2.13. The lowest BCUT2D eigenvalue weighted by Gasteiger charge is -2.03. The van der Waals surface area contributed by atoms with Crippen molar-refractivity contribution in [1.82, 2.24) is 20.2 Å². The summed E-state index contributed by atoms with van der Waals surface area (Å²) in [5, 5.41) is 9.28. The zero-order chi connectivity index (χ0) is 12.6. The standard InChI is InChI=1S/C8H6F2N4O2S/c1-17(15,16)8-11-12-13-14(8)7-3-2-5(9)4-6(7)10/h2-4H,1H3. The zero-order valence-electron chi connectivity index (χ0n) is 8.50. The van der Waals surface area contributed by atoms with Crippen molar-refractivity contribution in [2.45, 2.75) is 5.16 Å². The SMILES string of the molecule is CS(=O)(=O)c1nnnn1-c1ccc(F)cc1F. The Labute approximate surface area is 94.8 Å². The Hall–Kier alpha value is -1.90. The lowest BCUT2D eigenvalue weighted by atomic mass is 10.3. The molecule has 0 aliphatic rings. The molecular formula is C8H6F2N4O2S. The predicted molar refractivity (Wildman–Crippen MR) is 52.2 cm³/mol. The molecule has 1 heterocycles. The molecule has 0 saturated heterocycles. The van der Waals surface area contributed by atoms with Crippen molar-refractivity contribution in [3.05, 3.63) is 29.8 Å². The van der Waals surface area contributed by atoms with E-state index in [9.17, 15) is 17.2 Å². The van der Waals surface area contributed by atoms with Crippen LogP contribution in [0.5, 0.6) is 0 Å². The minimum Gasteiger partial charge on any atom is -0.221 e. The molecule has 0 saturated carbocycles. The van der Waals surface area contributed by atoms with Crippen molar-refractivity contribution in [2.24, 2.45) is 0 Å². The van der Waals surface area contributed by atoms with Gasteiger partial charge in [-0.05, 0) is 22.6 Å². The number of nitrogens with zero attached hydrogens (tertiary/aromatic N) is 4. The summed E-state index contributed by atoms with van der Waals surface area (Å²) in [6.07, 6.45) is 0.886. The minimum absolute atomic E-state index is 0.239. The average Bonchev–Trinajstić information content (AvgIpc) is 2.65. The number of hydrogen-bond donors (Lipinski definition) is 0. The van der Waals surface area contributed by atoms with E-state index in [2.05, 4.69) is 15.5 Å². The number of tetrazole rings is 1. The number of benzene rings is 1. The highest BCUT2D eigenvalue weighted by molar-refractivity contribution is 7.90. The quantitative estimate of drug-likeness (QED) is 0.778. The van der Waals surface area contributed by atoms with E-state index < -0.39 is 26.6 Å². The summed E-state index contributed by atoms with van der Waals surface area (Å²) >= 11 is 0. The molecule has 0 unspecified atom stereocenters. The molecule has 0 N–H and O–H groups in total. The third-order valence-electron chi connectivity index (χ3n) is 1.91. The van der Waals surface area contributed by atoms with E-state index in [-0.39, 0.29) is 5.69 Å². The van der Waals surface area contributed by atoms with Crippen LogP contribution < -0.4 is 0 Å². The molecule has 2 aromatic rings. The topological polar surface area (TPSA) is 77.7 Å². The monoisotopic (exact) mass is 260 g/mol.